The summed E-state index contributed by atoms with van der Waals surface area (Å²) < 4.78 is 6.95. The lowest BCUT2D eigenvalue weighted by Gasteiger charge is -2.09. The Bertz CT molecular complexity index is 518. The zero-order valence-corrected chi connectivity index (χ0v) is 11.0. The lowest BCUT2D eigenvalue weighted by molar-refractivity contribution is 0.253. The fourth-order valence-electron chi connectivity index (χ4n) is 1.46. The van der Waals surface area contributed by atoms with Gasteiger partial charge in [0.1, 0.15) is 12.1 Å². The van der Waals surface area contributed by atoms with E-state index in [1.807, 2.05) is 24.3 Å². The van der Waals surface area contributed by atoms with Crippen molar-refractivity contribution in [3.8, 4) is 5.75 Å². The minimum Gasteiger partial charge on any atom is -0.493 e. The molecule has 0 unspecified atom stereocenters. The lowest BCUT2D eigenvalue weighted by atomic mass is 10.2. The van der Waals surface area contributed by atoms with Crippen LogP contribution in [0.25, 0.3) is 0 Å². The van der Waals surface area contributed by atoms with Crippen molar-refractivity contribution in [1.82, 2.24) is 9.55 Å². The Kier molecular flexibility index (Phi) is 4.18. The Morgan fingerprint density at radius 1 is 1.37 bits per heavy atom. The van der Waals surface area contributed by atoms with Crippen molar-refractivity contribution in [3.05, 3.63) is 43.0 Å². The predicted octanol–water partition coefficient (Wildman–Crippen LogP) is 3.00. The molecular weight excluding hydrogens is 242 g/mol. The highest BCUT2D eigenvalue weighted by Crippen LogP contribution is 2.16. The smallest absolute Gasteiger partial charge is 0.331 e. The molecule has 19 heavy (non-hydrogen) atoms. The number of benzene rings is 1. The van der Waals surface area contributed by atoms with Crippen LogP contribution in [0.1, 0.15) is 13.8 Å². The highest BCUT2D eigenvalue weighted by molar-refractivity contribution is 5.90. The molecule has 1 amide bonds. The third-order valence-corrected chi connectivity index (χ3v) is 2.43. The normalized spacial score (nSPS) is 10.5. The van der Waals surface area contributed by atoms with Crippen molar-refractivity contribution in [1.29, 1.82) is 0 Å². The van der Waals surface area contributed by atoms with Gasteiger partial charge >= 0.3 is 6.03 Å². The van der Waals surface area contributed by atoms with Gasteiger partial charge in [0.05, 0.1) is 6.61 Å². The topological polar surface area (TPSA) is 56.1 Å². The molecule has 0 aliphatic rings. The minimum atomic E-state index is -0.242. The van der Waals surface area contributed by atoms with E-state index in [0.717, 1.165) is 11.4 Å². The molecule has 100 valence electrons. The molecular formula is C14H17N3O2. The standard InChI is InChI=1S/C14H17N3O2/c1-11(2)9-19-13-5-3-12(4-6-13)16-14(18)17-8-7-15-10-17/h3-8,10-11H,9H2,1-2H3,(H,16,18). The van der Waals surface area contributed by atoms with Gasteiger partial charge in [0, 0.05) is 18.1 Å². The molecule has 5 nitrogen and oxygen atoms in total. The van der Waals surface area contributed by atoms with Crippen molar-refractivity contribution in [2.75, 3.05) is 11.9 Å². The van der Waals surface area contributed by atoms with Crippen LogP contribution in [0.3, 0.4) is 0 Å². The van der Waals surface area contributed by atoms with Gasteiger partial charge < -0.3 is 10.1 Å². The number of imidazole rings is 1. The third kappa shape index (κ3) is 3.84. The number of ether oxygens (including phenoxy) is 1. The van der Waals surface area contributed by atoms with Gasteiger partial charge in [-0.2, -0.15) is 0 Å². The average Bonchev–Trinajstić information content (AvgIpc) is 2.92. The van der Waals surface area contributed by atoms with Crippen LogP contribution in [0.2, 0.25) is 0 Å². The number of anilines is 1. The molecule has 0 saturated carbocycles. The SMILES string of the molecule is CC(C)COc1ccc(NC(=O)n2ccnc2)cc1. The number of hydrogen-bond acceptors (Lipinski definition) is 3. The van der Waals surface area contributed by atoms with Crippen LogP contribution in [-0.2, 0) is 0 Å². The van der Waals surface area contributed by atoms with Gasteiger partial charge in [-0.15, -0.1) is 0 Å². The second kappa shape index (κ2) is 6.04. The lowest BCUT2D eigenvalue weighted by Crippen LogP contribution is -2.17. The molecule has 0 bridgehead atoms. The molecule has 1 N–H and O–H groups in total. The highest BCUT2D eigenvalue weighted by atomic mass is 16.5. The summed E-state index contributed by atoms with van der Waals surface area (Å²) in [7, 11) is 0. The van der Waals surface area contributed by atoms with E-state index in [9.17, 15) is 4.79 Å². The maximum Gasteiger partial charge on any atom is 0.331 e. The molecule has 0 fully saturated rings. The van der Waals surface area contributed by atoms with Crippen LogP contribution in [0.4, 0.5) is 10.5 Å². The van der Waals surface area contributed by atoms with Gasteiger partial charge in [-0.05, 0) is 30.2 Å². The van der Waals surface area contributed by atoms with Crippen molar-refractivity contribution in [2.24, 2.45) is 5.92 Å². The Hall–Kier alpha value is -2.30. The van der Waals surface area contributed by atoms with Gasteiger partial charge in [0.2, 0.25) is 0 Å². The monoisotopic (exact) mass is 259 g/mol. The van der Waals surface area contributed by atoms with Crippen LogP contribution in [0.5, 0.6) is 5.75 Å². The molecule has 2 aromatic rings. The predicted molar refractivity (Wildman–Crippen MR) is 73.4 cm³/mol. The van der Waals surface area contributed by atoms with Crippen molar-refractivity contribution in [3.63, 3.8) is 0 Å². The van der Waals surface area contributed by atoms with Crippen LogP contribution in [-0.4, -0.2) is 22.2 Å². The summed E-state index contributed by atoms with van der Waals surface area (Å²) in [6.07, 6.45) is 4.60. The number of rotatable bonds is 4. The Balaban J connectivity index is 1.93. The zero-order chi connectivity index (χ0) is 13.7. The largest absolute Gasteiger partial charge is 0.493 e. The fourth-order valence-corrected chi connectivity index (χ4v) is 1.46. The van der Waals surface area contributed by atoms with Gasteiger partial charge in [0.15, 0.2) is 0 Å². The summed E-state index contributed by atoms with van der Waals surface area (Å²) in [5, 5.41) is 2.76. The van der Waals surface area contributed by atoms with E-state index in [1.54, 1.807) is 12.4 Å². The Morgan fingerprint density at radius 3 is 2.68 bits per heavy atom. The summed E-state index contributed by atoms with van der Waals surface area (Å²) in [6, 6.07) is 7.06. The van der Waals surface area contributed by atoms with Crippen molar-refractivity contribution < 1.29 is 9.53 Å². The fraction of sp³-hybridized carbons (Fsp3) is 0.286. The Labute approximate surface area is 112 Å². The molecule has 5 heteroatoms. The summed E-state index contributed by atoms with van der Waals surface area (Å²) in [6.45, 7) is 4.88. The van der Waals surface area contributed by atoms with Gasteiger partial charge in [-0.3, -0.25) is 4.57 Å². The summed E-state index contributed by atoms with van der Waals surface area (Å²) in [5.41, 5.74) is 0.718. The quantitative estimate of drug-likeness (QED) is 0.918. The molecule has 1 aromatic heterocycles. The second-order valence-electron chi connectivity index (χ2n) is 4.63. The number of carbonyl (C=O) groups excluding carboxylic acids is 1. The van der Waals surface area contributed by atoms with Crippen LogP contribution in [0, 0.1) is 5.92 Å². The van der Waals surface area contributed by atoms with Crippen molar-refractivity contribution >= 4 is 11.7 Å². The van der Waals surface area contributed by atoms with E-state index in [2.05, 4.69) is 24.1 Å². The van der Waals surface area contributed by atoms with E-state index >= 15 is 0 Å². The Morgan fingerprint density at radius 2 is 2.11 bits per heavy atom. The molecule has 0 atom stereocenters. The van der Waals surface area contributed by atoms with E-state index in [4.69, 9.17) is 4.74 Å². The van der Waals surface area contributed by atoms with Crippen LogP contribution < -0.4 is 10.1 Å². The molecule has 0 spiro atoms. The number of carbonyl (C=O) groups is 1. The highest BCUT2D eigenvalue weighted by Gasteiger charge is 2.04. The summed E-state index contributed by atoms with van der Waals surface area (Å²) in [4.78, 5) is 15.6. The molecule has 0 aliphatic heterocycles. The van der Waals surface area contributed by atoms with Crippen LogP contribution >= 0.6 is 0 Å². The summed E-state index contributed by atoms with van der Waals surface area (Å²) >= 11 is 0. The van der Waals surface area contributed by atoms with Crippen molar-refractivity contribution in [2.45, 2.75) is 13.8 Å². The first kappa shape index (κ1) is 13.1. The van der Waals surface area contributed by atoms with E-state index in [-0.39, 0.29) is 6.03 Å². The number of hydrogen-bond donors (Lipinski definition) is 1. The molecule has 0 saturated heterocycles. The molecule has 0 radical (unpaired) electrons. The number of nitrogens with one attached hydrogen (secondary N) is 1. The number of nitrogens with zero attached hydrogens (tertiary/aromatic N) is 2. The van der Waals surface area contributed by atoms with E-state index < -0.39 is 0 Å². The van der Waals surface area contributed by atoms with E-state index in [1.165, 1.54) is 10.9 Å². The third-order valence-electron chi connectivity index (χ3n) is 2.43. The average molecular weight is 259 g/mol. The van der Waals surface area contributed by atoms with Gasteiger partial charge in [0.25, 0.3) is 0 Å². The maximum absolute atomic E-state index is 11.8. The van der Waals surface area contributed by atoms with Gasteiger partial charge in [-0.1, -0.05) is 13.8 Å². The first-order valence-electron chi connectivity index (χ1n) is 6.17. The molecule has 1 aromatic carbocycles. The zero-order valence-electron chi connectivity index (χ0n) is 11.0. The maximum atomic E-state index is 11.8. The molecule has 1 heterocycles. The first-order chi connectivity index (χ1) is 9.15. The van der Waals surface area contributed by atoms with E-state index in [0.29, 0.717) is 12.5 Å². The molecule has 2 rings (SSSR count). The van der Waals surface area contributed by atoms with Gasteiger partial charge in [-0.25, -0.2) is 9.78 Å². The van der Waals surface area contributed by atoms with Crippen LogP contribution in [0.15, 0.2) is 43.0 Å². The first-order valence-corrected chi connectivity index (χ1v) is 6.17. The molecule has 0 aliphatic carbocycles. The number of amides is 1. The minimum absolute atomic E-state index is 0.242. The summed E-state index contributed by atoms with van der Waals surface area (Å²) in [5.74, 6) is 1.29. The second-order valence-corrected chi connectivity index (χ2v) is 4.63. The number of aromatic nitrogens is 2.